The van der Waals surface area contributed by atoms with Crippen LogP contribution in [0.5, 0.6) is 0 Å². The Morgan fingerprint density at radius 1 is 1.35 bits per heavy atom. The van der Waals surface area contributed by atoms with Crippen molar-refractivity contribution in [3.05, 3.63) is 0 Å². The average Bonchev–Trinajstić information content (AvgIpc) is 2.79. The van der Waals surface area contributed by atoms with Crippen molar-refractivity contribution in [2.45, 2.75) is 64.8 Å². The molecule has 17 heavy (non-hydrogen) atoms. The van der Waals surface area contributed by atoms with E-state index in [4.69, 9.17) is 5.73 Å². The van der Waals surface area contributed by atoms with Crippen molar-refractivity contribution in [3.63, 3.8) is 0 Å². The summed E-state index contributed by atoms with van der Waals surface area (Å²) in [6.45, 7) is 5.66. The number of nitrogens with zero attached hydrogens (tertiary/aromatic N) is 1. The van der Waals surface area contributed by atoms with Crippen LogP contribution in [0.3, 0.4) is 0 Å². The lowest BCUT2D eigenvalue weighted by Gasteiger charge is -2.27. The first-order valence-corrected chi connectivity index (χ1v) is 7.14. The number of nitrogens with two attached hydrogens (primary N) is 1. The van der Waals surface area contributed by atoms with E-state index in [0.717, 1.165) is 31.7 Å². The van der Waals surface area contributed by atoms with Crippen LogP contribution in [0.1, 0.15) is 58.8 Å². The monoisotopic (exact) mass is 240 g/mol. The summed E-state index contributed by atoms with van der Waals surface area (Å²) in [4.78, 5) is 14.1. The van der Waals surface area contributed by atoms with Crippen LogP contribution in [-0.2, 0) is 4.79 Å². The molecule has 3 nitrogen and oxygen atoms in total. The predicted octanol–water partition coefficient (Wildman–Crippen LogP) is 2.54. The van der Waals surface area contributed by atoms with Gasteiger partial charge in [-0.2, -0.15) is 0 Å². The summed E-state index contributed by atoms with van der Waals surface area (Å²) in [5.41, 5.74) is 5.51. The molecule has 0 aromatic heterocycles. The van der Waals surface area contributed by atoms with E-state index in [9.17, 15) is 4.79 Å². The van der Waals surface area contributed by atoms with Gasteiger partial charge < -0.3 is 10.6 Å². The third-order valence-corrected chi connectivity index (χ3v) is 3.79. The molecule has 0 radical (unpaired) electrons. The Morgan fingerprint density at radius 3 is 2.53 bits per heavy atom. The summed E-state index contributed by atoms with van der Waals surface area (Å²) < 4.78 is 0. The number of amides is 1. The summed E-state index contributed by atoms with van der Waals surface area (Å²) in [7, 11) is 0. The smallest absolute Gasteiger partial charge is 0.222 e. The van der Waals surface area contributed by atoms with Gasteiger partial charge in [0, 0.05) is 19.0 Å². The Labute approximate surface area is 106 Å². The van der Waals surface area contributed by atoms with Gasteiger partial charge in [-0.25, -0.2) is 0 Å². The zero-order valence-corrected chi connectivity index (χ0v) is 11.5. The van der Waals surface area contributed by atoms with Gasteiger partial charge in [-0.05, 0) is 39.2 Å². The Morgan fingerprint density at radius 2 is 2.00 bits per heavy atom. The maximum absolute atomic E-state index is 12.1. The Balaban J connectivity index is 2.30. The highest BCUT2D eigenvalue weighted by Gasteiger charge is 2.20. The quantitative estimate of drug-likeness (QED) is 0.743. The van der Waals surface area contributed by atoms with Crippen molar-refractivity contribution in [2.75, 3.05) is 13.1 Å². The van der Waals surface area contributed by atoms with Crippen molar-refractivity contribution in [3.8, 4) is 0 Å². The number of carbonyl (C=O) groups excluding carboxylic acids is 1. The first-order valence-electron chi connectivity index (χ1n) is 7.14. The largest absolute Gasteiger partial charge is 0.340 e. The molecule has 0 spiro atoms. The lowest BCUT2D eigenvalue weighted by Crippen LogP contribution is -2.38. The van der Waals surface area contributed by atoms with Gasteiger partial charge in [-0.1, -0.05) is 25.7 Å². The molecule has 0 saturated heterocycles. The molecular weight excluding hydrogens is 212 g/mol. The summed E-state index contributed by atoms with van der Waals surface area (Å²) in [5.74, 6) is 1.13. The predicted molar refractivity (Wildman–Crippen MR) is 71.7 cm³/mol. The topological polar surface area (TPSA) is 46.3 Å². The SMILES string of the molecule is CC(C)N(CCCN)C(=O)CCC1CCCC1. The average molecular weight is 240 g/mol. The molecule has 1 aliphatic carbocycles. The molecule has 0 aromatic carbocycles. The molecule has 0 unspecified atom stereocenters. The van der Waals surface area contributed by atoms with Gasteiger partial charge in [0.25, 0.3) is 0 Å². The van der Waals surface area contributed by atoms with Crippen molar-refractivity contribution >= 4 is 5.91 Å². The third-order valence-electron chi connectivity index (χ3n) is 3.79. The zero-order chi connectivity index (χ0) is 12.7. The number of hydrogen-bond acceptors (Lipinski definition) is 2. The highest BCUT2D eigenvalue weighted by molar-refractivity contribution is 5.76. The maximum atomic E-state index is 12.1. The van der Waals surface area contributed by atoms with Crippen molar-refractivity contribution in [2.24, 2.45) is 11.7 Å². The first-order chi connectivity index (χ1) is 8.15. The highest BCUT2D eigenvalue weighted by atomic mass is 16.2. The second kappa shape index (κ2) is 7.70. The molecule has 1 fully saturated rings. The van der Waals surface area contributed by atoms with Crippen LogP contribution in [0, 0.1) is 5.92 Å². The minimum absolute atomic E-state index is 0.303. The van der Waals surface area contributed by atoms with Gasteiger partial charge >= 0.3 is 0 Å². The summed E-state index contributed by atoms with van der Waals surface area (Å²) in [6.07, 6.45) is 8.11. The third kappa shape index (κ3) is 5.07. The van der Waals surface area contributed by atoms with Crippen molar-refractivity contribution in [1.29, 1.82) is 0 Å². The molecule has 0 aromatic rings. The molecule has 1 saturated carbocycles. The molecule has 0 aliphatic heterocycles. The lowest BCUT2D eigenvalue weighted by atomic mass is 10.0. The molecular formula is C14H28N2O. The summed E-state index contributed by atoms with van der Waals surface area (Å²) in [5, 5.41) is 0. The normalized spacial score (nSPS) is 16.7. The van der Waals surface area contributed by atoms with E-state index in [2.05, 4.69) is 13.8 Å². The minimum atomic E-state index is 0.303. The fraction of sp³-hybridized carbons (Fsp3) is 0.929. The fourth-order valence-corrected chi connectivity index (χ4v) is 2.70. The van der Waals surface area contributed by atoms with Crippen LogP contribution in [0.2, 0.25) is 0 Å². The summed E-state index contributed by atoms with van der Waals surface area (Å²) >= 11 is 0. The van der Waals surface area contributed by atoms with Crippen LogP contribution in [0.25, 0.3) is 0 Å². The van der Waals surface area contributed by atoms with E-state index >= 15 is 0 Å². The summed E-state index contributed by atoms with van der Waals surface area (Å²) in [6, 6.07) is 0.303. The second-order valence-electron chi connectivity index (χ2n) is 5.51. The molecule has 1 amide bonds. The molecule has 1 aliphatic rings. The van der Waals surface area contributed by atoms with Crippen LogP contribution in [0.15, 0.2) is 0 Å². The van der Waals surface area contributed by atoms with Gasteiger partial charge in [-0.3, -0.25) is 4.79 Å². The second-order valence-corrected chi connectivity index (χ2v) is 5.51. The van der Waals surface area contributed by atoms with Crippen molar-refractivity contribution in [1.82, 2.24) is 4.90 Å². The molecule has 100 valence electrons. The van der Waals surface area contributed by atoms with Crippen LogP contribution in [-0.4, -0.2) is 29.9 Å². The Kier molecular flexibility index (Phi) is 6.56. The number of hydrogen-bond donors (Lipinski definition) is 1. The van der Waals surface area contributed by atoms with Gasteiger partial charge in [0.05, 0.1) is 0 Å². The Bertz CT molecular complexity index is 222. The highest BCUT2D eigenvalue weighted by Crippen LogP contribution is 2.28. The van der Waals surface area contributed by atoms with Gasteiger partial charge in [0.1, 0.15) is 0 Å². The molecule has 0 atom stereocenters. The zero-order valence-electron chi connectivity index (χ0n) is 11.5. The van der Waals surface area contributed by atoms with E-state index in [-0.39, 0.29) is 0 Å². The lowest BCUT2D eigenvalue weighted by molar-refractivity contribution is -0.133. The minimum Gasteiger partial charge on any atom is -0.340 e. The van der Waals surface area contributed by atoms with Crippen LogP contribution in [0.4, 0.5) is 0 Å². The number of carbonyl (C=O) groups is 1. The van der Waals surface area contributed by atoms with Crippen LogP contribution >= 0.6 is 0 Å². The molecule has 3 heteroatoms. The van der Waals surface area contributed by atoms with Crippen molar-refractivity contribution < 1.29 is 4.79 Å². The Hall–Kier alpha value is -0.570. The van der Waals surface area contributed by atoms with E-state index in [1.807, 2.05) is 4.90 Å². The number of rotatable bonds is 7. The van der Waals surface area contributed by atoms with Gasteiger partial charge in [-0.15, -0.1) is 0 Å². The van der Waals surface area contributed by atoms with Gasteiger partial charge in [0.2, 0.25) is 5.91 Å². The van der Waals surface area contributed by atoms with Crippen LogP contribution < -0.4 is 5.73 Å². The standard InChI is InChI=1S/C14H28N2O/c1-12(2)16(11-5-10-15)14(17)9-8-13-6-3-4-7-13/h12-13H,3-11,15H2,1-2H3. The molecule has 1 rings (SSSR count). The van der Waals surface area contributed by atoms with E-state index in [1.54, 1.807) is 0 Å². The van der Waals surface area contributed by atoms with E-state index in [0.29, 0.717) is 18.5 Å². The van der Waals surface area contributed by atoms with Gasteiger partial charge in [0.15, 0.2) is 0 Å². The first kappa shape index (κ1) is 14.5. The fourth-order valence-electron chi connectivity index (χ4n) is 2.70. The molecule has 2 N–H and O–H groups in total. The molecule has 0 bridgehead atoms. The maximum Gasteiger partial charge on any atom is 0.222 e. The van der Waals surface area contributed by atoms with E-state index in [1.165, 1.54) is 25.7 Å². The van der Waals surface area contributed by atoms with E-state index < -0.39 is 0 Å². The molecule has 0 heterocycles.